The third-order valence-electron chi connectivity index (χ3n) is 4.74. The van der Waals surface area contributed by atoms with Crippen LogP contribution in [0.15, 0.2) is 98.0 Å². The lowest BCUT2D eigenvalue weighted by atomic mass is 10.1. The zero-order valence-corrected chi connectivity index (χ0v) is 16.3. The number of nitrogens with one attached hydrogen (secondary N) is 1. The first-order valence-corrected chi connectivity index (χ1v) is 9.59. The average Bonchev–Trinajstić information content (AvgIpc) is 3.52. The van der Waals surface area contributed by atoms with Gasteiger partial charge in [-0.05, 0) is 36.4 Å². The number of hydrogen-bond donors (Lipinski definition) is 1. The summed E-state index contributed by atoms with van der Waals surface area (Å²) in [7, 11) is 0. The van der Waals surface area contributed by atoms with Crippen LogP contribution in [0.5, 0.6) is 0 Å². The predicted octanol–water partition coefficient (Wildman–Crippen LogP) is 3.77. The zero-order valence-electron chi connectivity index (χ0n) is 16.3. The second kappa shape index (κ2) is 8.03. The van der Waals surface area contributed by atoms with Crippen molar-refractivity contribution in [1.82, 2.24) is 29.3 Å². The number of carbonyl (C=O) groups is 1. The van der Waals surface area contributed by atoms with Crippen LogP contribution in [0.1, 0.15) is 10.5 Å². The van der Waals surface area contributed by atoms with E-state index in [1.54, 1.807) is 31.1 Å². The molecule has 1 amide bonds. The molecule has 0 atom stereocenters. The normalized spacial score (nSPS) is 10.7. The molecular weight excluding hydrogens is 390 g/mol. The van der Waals surface area contributed by atoms with Crippen LogP contribution in [0.4, 0.5) is 5.69 Å². The van der Waals surface area contributed by atoms with Gasteiger partial charge in [0, 0.05) is 35.5 Å². The molecule has 0 aliphatic rings. The van der Waals surface area contributed by atoms with Crippen LogP contribution in [0, 0.1) is 0 Å². The van der Waals surface area contributed by atoms with E-state index in [9.17, 15) is 4.79 Å². The lowest BCUT2D eigenvalue weighted by molar-refractivity contribution is 0.102. The maximum absolute atomic E-state index is 12.8. The fraction of sp³-hybridized carbons (Fsp3) is 0. The van der Waals surface area contributed by atoms with Crippen LogP contribution in [-0.2, 0) is 0 Å². The van der Waals surface area contributed by atoms with Gasteiger partial charge >= 0.3 is 0 Å². The molecule has 0 spiro atoms. The first-order valence-electron chi connectivity index (χ1n) is 9.59. The highest BCUT2D eigenvalue weighted by atomic mass is 16.1. The van der Waals surface area contributed by atoms with Crippen molar-refractivity contribution in [3.8, 4) is 22.8 Å². The standard InChI is InChI=1S/C23H17N7O/c31-23(21-14-20(9-10-25-21)29-12-11-24-15-29)27-18-6-4-5-17(13-18)22-28-26-16-30(22)19-7-2-1-3-8-19/h1-16H,(H,27,31). The molecule has 8 nitrogen and oxygen atoms in total. The molecule has 5 rings (SSSR count). The lowest BCUT2D eigenvalue weighted by Crippen LogP contribution is -2.14. The Morgan fingerprint density at radius 1 is 0.871 bits per heavy atom. The first kappa shape index (κ1) is 18.4. The minimum Gasteiger partial charge on any atom is -0.321 e. The second-order valence-electron chi connectivity index (χ2n) is 6.76. The predicted molar refractivity (Wildman–Crippen MR) is 116 cm³/mol. The molecule has 1 N–H and O–H groups in total. The van der Waals surface area contributed by atoms with Crippen molar-refractivity contribution in [3.63, 3.8) is 0 Å². The molecule has 0 aliphatic heterocycles. The van der Waals surface area contributed by atoms with Gasteiger partial charge in [0.05, 0.1) is 12.0 Å². The highest BCUT2D eigenvalue weighted by Crippen LogP contribution is 2.23. The molecule has 150 valence electrons. The quantitative estimate of drug-likeness (QED) is 0.479. The van der Waals surface area contributed by atoms with Gasteiger partial charge in [-0.1, -0.05) is 30.3 Å². The number of carbonyl (C=O) groups excluding carboxylic acids is 1. The summed E-state index contributed by atoms with van der Waals surface area (Å²) in [6, 6.07) is 20.9. The number of benzene rings is 2. The largest absolute Gasteiger partial charge is 0.321 e. The van der Waals surface area contributed by atoms with Gasteiger partial charge < -0.3 is 9.88 Å². The van der Waals surface area contributed by atoms with Crippen LogP contribution >= 0.6 is 0 Å². The Morgan fingerprint density at radius 2 is 1.77 bits per heavy atom. The number of pyridine rings is 1. The number of rotatable bonds is 5. The Kier molecular flexibility index (Phi) is 4.78. The Bertz CT molecular complexity index is 1330. The fourth-order valence-corrected chi connectivity index (χ4v) is 3.26. The van der Waals surface area contributed by atoms with Gasteiger partial charge in [-0.3, -0.25) is 14.3 Å². The summed E-state index contributed by atoms with van der Waals surface area (Å²) in [5.41, 5.74) is 3.54. The summed E-state index contributed by atoms with van der Waals surface area (Å²) >= 11 is 0. The van der Waals surface area contributed by atoms with Crippen molar-refractivity contribution in [1.29, 1.82) is 0 Å². The molecule has 2 aromatic carbocycles. The Balaban J connectivity index is 1.41. The molecule has 0 aliphatic carbocycles. The summed E-state index contributed by atoms with van der Waals surface area (Å²) < 4.78 is 3.71. The molecule has 0 fully saturated rings. The summed E-state index contributed by atoms with van der Waals surface area (Å²) in [6.45, 7) is 0. The minimum absolute atomic E-state index is 0.302. The van der Waals surface area contributed by atoms with Crippen LogP contribution in [-0.4, -0.2) is 35.2 Å². The molecule has 5 aromatic rings. The molecule has 31 heavy (non-hydrogen) atoms. The highest BCUT2D eigenvalue weighted by Gasteiger charge is 2.12. The Morgan fingerprint density at radius 3 is 2.61 bits per heavy atom. The van der Waals surface area contributed by atoms with Crippen molar-refractivity contribution in [2.75, 3.05) is 5.32 Å². The summed E-state index contributed by atoms with van der Waals surface area (Å²) in [5.74, 6) is 0.381. The number of hydrogen-bond acceptors (Lipinski definition) is 5. The molecule has 3 heterocycles. The van der Waals surface area contributed by atoms with Crippen LogP contribution in [0.2, 0.25) is 0 Å². The summed E-state index contributed by atoms with van der Waals surface area (Å²) in [6.07, 6.45) is 8.43. The van der Waals surface area contributed by atoms with Gasteiger partial charge in [0.1, 0.15) is 12.0 Å². The van der Waals surface area contributed by atoms with E-state index >= 15 is 0 Å². The van der Waals surface area contributed by atoms with Gasteiger partial charge in [0.2, 0.25) is 0 Å². The second-order valence-corrected chi connectivity index (χ2v) is 6.76. The fourth-order valence-electron chi connectivity index (χ4n) is 3.26. The molecule has 0 unspecified atom stereocenters. The van der Waals surface area contributed by atoms with Gasteiger partial charge in [0.15, 0.2) is 5.82 Å². The van der Waals surface area contributed by atoms with E-state index in [0.717, 1.165) is 16.9 Å². The van der Waals surface area contributed by atoms with E-state index in [2.05, 4.69) is 25.5 Å². The topological polar surface area (TPSA) is 90.5 Å². The third-order valence-corrected chi connectivity index (χ3v) is 4.74. The number of nitrogens with zero attached hydrogens (tertiary/aromatic N) is 6. The number of imidazole rings is 1. The highest BCUT2D eigenvalue weighted by molar-refractivity contribution is 6.03. The number of anilines is 1. The molecule has 3 aromatic heterocycles. The lowest BCUT2D eigenvalue weighted by Gasteiger charge is -2.09. The number of amides is 1. The van der Waals surface area contributed by atoms with E-state index in [0.29, 0.717) is 17.2 Å². The van der Waals surface area contributed by atoms with Crippen LogP contribution in [0.25, 0.3) is 22.8 Å². The third kappa shape index (κ3) is 3.82. The zero-order chi connectivity index (χ0) is 21.0. The van der Waals surface area contributed by atoms with Crippen molar-refractivity contribution >= 4 is 11.6 Å². The molecule has 0 saturated carbocycles. The van der Waals surface area contributed by atoms with Gasteiger partial charge in [0.25, 0.3) is 5.91 Å². The monoisotopic (exact) mass is 407 g/mol. The summed E-state index contributed by atoms with van der Waals surface area (Å²) in [4.78, 5) is 21.0. The van der Waals surface area contributed by atoms with Crippen LogP contribution < -0.4 is 5.32 Å². The molecule has 0 radical (unpaired) electrons. The molecule has 8 heteroatoms. The average molecular weight is 407 g/mol. The molecular formula is C23H17N7O. The van der Waals surface area contributed by atoms with E-state index < -0.39 is 0 Å². The minimum atomic E-state index is -0.302. The van der Waals surface area contributed by atoms with Gasteiger partial charge in [-0.15, -0.1) is 10.2 Å². The molecule has 0 saturated heterocycles. The first-order chi connectivity index (χ1) is 15.3. The van der Waals surface area contributed by atoms with E-state index in [1.807, 2.05) is 76.0 Å². The Labute approximate surface area is 177 Å². The summed E-state index contributed by atoms with van der Waals surface area (Å²) in [5, 5.41) is 11.2. The van der Waals surface area contributed by atoms with E-state index in [1.165, 1.54) is 0 Å². The smallest absolute Gasteiger partial charge is 0.274 e. The van der Waals surface area contributed by atoms with Crippen molar-refractivity contribution in [2.45, 2.75) is 0 Å². The Hall–Kier alpha value is -4.59. The molecule has 0 bridgehead atoms. The van der Waals surface area contributed by atoms with Gasteiger partial charge in [-0.25, -0.2) is 4.98 Å². The van der Waals surface area contributed by atoms with Crippen LogP contribution in [0.3, 0.4) is 0 Å². The van der Waals surface area contributed by atoms with Crippen molar-refractivity contribution in [3.05, 3.63) is 104 Å². The van der Waals surface area contributed by atoms with E-state index in [4.69, 9.17) is 0 Å². The number of aromatic nitrogens is 6. The number of para-hydroxylation sites is 1. The maximum Gasteiger partial charge on any atom is 0.274 e. The van der Waals surface area contributed by atoms with E-state index in [-0.39, 0.29) is 5.91 Å². The van der Waals surface area contributed by atoms with Gasteiger partial charge in [-0.2, -0.15) is 0 Å². The van der Waals surface area contributed by atoms with Crippen molar-refractivity contribution in [2.24, 2.45) is 0 Å². The maximum atomic E-state index is 12.8. The van der Waals surface area contributed by atoms with Crippen molar-refractivity contribution < 1.29 is 4.79 Å². The SMILES string of the molecule is O=C(Nc1cccc(-c2nncn2-c2ccccc2)c1)c1cc(-n2ccnc2)ccn1.